The summed E-state index contributed by atoms with van der Waals surface area (Å²) in [4.78, 5) is 10.6. The summed E-state index contributed by atoms with van der Waals surface area (Å²) in [5.41, 5.74) is 2.28. The Balaban J connectivity index is 4.14. The van der Waals surface area contributed by atoms with Crippen molar-refractivity contribution in [3.8, 4) is 0 Å². The molecule has 0 rings (SSSR count). The Hall–Kier alpha value is -0.590. The summed E-state index contributed by atoms with van der Waals surface area (Å²) in [6.07, 6.45) is 5.21. The third kappa shape index (κ3) is 3.97. The lowest BCUT2D eigenvalue weighted by Gasteiger charge is -2.02. The fraction of sp³-hybridized carbons (Fsp3) is 0.700. The molecule has 1 heteroatoms. The first-order chi connectivity index (χ1) is 5.26. The van der Waals surface area contributed by atoms with Gasteiger partial charge in [0.25, 0.3) is 0 Å². The maximum Gasteiger partial charge on any atom is 0.145 e. The van der Waals surface area contributed by atoms with Gasteiger partial charge in [0, 0.05) is 0 Å². The summed E-state index contributed by atoms with van der Waals surface area (Å²) in [6.45, 7) is 6.30. The highest BCUT2D eigenvalue weighted by Gasteiger charge is 1.98. The van der Waals surface area contributed by atoms with Gasteiger partial charge in [0.1, 0.15) is 6.29 Å². The Morgan fingerprint density at radius 1 is 1.18 bits per heavy atom. The van der Waals surface area contributed by atoms with E-state index in [0.717, 1.165) is 37.5 Å². The molecule has 11 heavy (non-hydrogen) atoms. The van der Waals surface area contributed by atoms with Crippen LogP contribution in [0.3, 0.4) is 0 Å². The van der Waals surface area contributed by atoms with Gasteiger partial charge in [-0.2, -0.15) is 0 Å². The largest absolute Gasteiger partial charge is 0.298 e. The molecule has 0 unspecified atom stereocenters. The highest BCUT2D eigenvalue weighted by molar-refractivity contribution is 5.74. The quantitative estimate of drug-likeness (QED) is 0.439. The summed E-state index contributed by atoms with van der Waals surface area (Å²) < 4.78 is 0. The van der Waals surface area contributed by atoms with Gasteiger partial charge >= 0.3 is 0 Å². The highest BCUT2D eigenvalue weighted by atomic mass is 16.1. The Bertz CT molecular complexity index is 145. The fourth-order valence-electron chi connectivity index (χ4n) is 1.18. The molecular formula is C10H18O. The minimum Gasteiger partial charge on any atom is -0.298 e. The summed E-state index contributed by atoms with van der Waals surface area (Å²) in [7, 11) is 0. The van der Waals surface area contributed by atoms with Gasteiger partial charge in [-0.3, -0.25) is 4.79 Å². The van der Waals surface area contributed by atoms with E-state index < -0.39 is 0 Å². The highest BCUT2D eigenvalue weighted by Crippen LogP contribution is 2.12. The molecule has 0 aromatic heterocycles. The van der Waals surface area contributed by atoms with Crippen LogP contribution in [-0.4, -0.2) is 6.29 Å². The van der Waals surface area contributed by atoms with Gasteiger partial charge in [-0.05, 0) is 25.3 Å². The van der Waals surface area contributed by atoms with E-state index in [4.69, 9.17) is 0 Å². The Morgan fingerprint density at radius 3 is 2.09 bits per heavy atom. The van der Waals surface area contributed by atoms with Gasteiger partial charge in [0.05, 0.1) is 0 Å². The number of hydrogen-bond donors (Lipinski definition) is 0. The van der Waals surface area contributed by atoms with Gasteiger partial charge in [0.15, 0.2) is 0 Å². The van der Waals surface area contributed by atoms with Crippen LogP contribution in [0.15, 0.2) is 11.1 Å². The second-order valence-electron chi connectivity index (χ2n) is 2.92. The molecule has 0 atom stereocenters. The van der Waals surface area contributed by atoms with Crippen molar-refractivity contribution >= 4 is 6.29 Å². The van der Waals surface area contributed by atoms with Crippen LogP contribution in [0.1, 0.15) is 46.5 Å². The van der Waals surface area contributed by atoms with Crippen LogP contribution >= 0.6 is 0 Å². The summed E-state index contributed by atoms with van der Waals surface area (Å²) >= 11 is 0. The SMILES string of the molecule is CCC/C(C)=C(\C=O)CCC. The minimum absolute atomic E-state index is 0.940. The van der Waals surface area contributed by atoms with Gasteiger partial charge in [-0.25, -0.2) is 0 Å². The smallest absolute Gasteiger partial charge is 0.145 e. The molecule has 0 aliphatic heterocycles. The number of allylic oxidation sites excluding steroid dienone is 2. The first-order valence-electron chi connectivity index (χ1n) is 4.40. The third-order valence-corrected chi connectivity index (χ3v) is 1.83. The van der Waals surface area contributed by atoms with Crippen LogP contribution in [-0.2, 0) is 4.79 Å². The van der Waals surface area contributed by atoms with Gasteiger partial charge in [-0.1, -0.05) is 32.3 Å². The molecule has 0 amide bonds. The average molecular weight is 154 g/mol. The lowest BCUT2D eigenvalue weighted by molar-refractivity contribution is -0.105. The Morgan fingerprint density at radius 2 is 1.73 bits per heavy atom. The molecule has 0 fully saturated rings. The van der Waals surface area contributed by atoms with Crippen molar-refractivity contribution < 1.29 is 4.79 Å². The van der Waals surface area contributed by atoms with Crippen molar-refractivity contribution in [1.29, 1.82) is 0 Å². The second-order valence-corrected chi connectivity index (χ2v) is 2.92. The molecule has 0 saturated carbocycles. The molecule has 0 aromatic rings. The number of carbonyl (C=O) groups is 1. The van der Waals surface area contributed by atoms with E-state index in [2.05, 4.69) is 20.8 Å². The molecule has 0 aliphatic carbocycles. The van der Waals surface area contributed by atoms with Crippen LogP contribution < -0.4 is 0 Å². The molecule has 0 spiro atoms. The number of aldehydes is 1. The zero-order valence-corrected chi connectivity index (χ0v) is 7.81. The van der Waals surface area contributed by atoms with E-state index >= 15 is 0 Å². The maximum absolute atomic E-state index is 10.6. The molecule has 0 bridgehead atoms. The van der Waals surface area contributed by atoms with E-state index in [1.54, 1.807) is 0 Å². The Labute approximate surface area is 69.5 Å². The summed E-state index contributed by atoms with van der Waals surface area (Å²) in [5, 5.41) is 0. The normalized spacial score (nSPS) is 12.6. The van der Waals surface area contributed by atoms with Crippen molar-refractivity contribution in [3.63, 3.8) is 0 Å². The van der Waals surface area contributed by atoms with Crippen molar-refractivity contribution in [2.24, 2.45) is 0 Å². The number of carbonyl (C=O) groups excluding carboxylic acids is 1. The van der Waals surface area contributed by atoms with Crippen molar-refractivity contribution in [2.45, 2.75) is 46.5 Å². The molecule has 0 saturated heterocycles. The van der Waals surface area contributed by atoms with Crippen LogP contribution in [0.4, 0.5) is 0 Å². The molecule has 0 radical (unpaired) electrons. The maximum atomic E-state index is 10.6. The van der Waals surface area contributed by atoms with Crippen molar-refractivity contribution in [3.05, 3.63) is 11.1 Å². The second kappa shape index (κ2) is 6.14. The standard InChI is InChI=1S/C10H18O/c1-4-6-9(3)10(8-11)7-5-2/h8H,4-7H2,1-3H3/b10-9-. The van der Waals surface area contributed by atoms with E-state index in [-0.39, 0.29) is 0 Å². The first kappa shape index (κ1) is 10.4. The van der Waals surface area contributed by atoms with Crippen molar-refractivity contribution in [2.75, 3.05) is 0 Å². The third-order valence-electron chi connectivity index (χ3n) is 1.83. The summed E-state index contributed by atoms with van der Waals surface area (Å²) in [6, 6.07) is 0. The molecule has 0 aliphatic rings. The zero-order valence-electron chi connectivity index (χ0n) is 7.81. The predicted octanol–water partition coefficient (Wildman–Crippen LogP) is 3.10. The average Bonchev–Trinajstić information content (AvgIpc) is 2.00. The molecule has 0 heterocycles. The molecule has 64 valence electrons. The lowest BCUT2D eigenvalue weighted by Crippen LogP contribution is -1.90. The predicted molar refractivity (Wildman–Crippen MR) is 48.6 cm³/mol. The molecule has 0 N–H and O–H groups in total. The van der Waals surface area contributed by atoms with Crippen LogP contribution in [0.2, 0.25) is 0 Å². The lowest BCUT2D eigenvalue weighted by atomic mass is 10.0. The minimum atomic E-state index is 0.940. The zero-order chi connectivity index (χ0) is 8.69. The topological polar surface area (TPSA) is 17.1 Å². The van der Waals surface area contributed by atoms with Crippen molar-refractivity contribution in [1.82, 2.24) is 0 Å². The van der Waals surface area contributed by atoms with Gasteiger partial charge in [-0.15, -0.1) is 0 Å². The number of rotatable bonds is 5. The molecular weight excluding hydrogens is 136 g/mol. The van der Waals surface area contributed by atoms with E-state index in [0.29, 0.717) is 0 Å². The van der Waals surface area contributed by atoms with E-state index in [1.165, 1.54) is 5.57 Å². The van der Waals surface area contributed by atoms with Crippen LogP contribution in [0, 0.1) is 0 Å². The summed E-state index contributed by atoms with van der Waals surface area (Å²) in [5.74, 6) is 0. The Kier molecular flexibility index (Phi) is 5.81. The van der Waals surface area contributed by atoms with Crippen LogP contribution in [0.25, 0.3) is 0 Å². The van der Waals surface area contributed by atoms with Gasteiger partial charge < -0.3 is 0 Å². The molecule has 0 aromatic carbocycles. The molecule has 1 nitrogen and oxygen atoms in total. The number of hydrogen-bond acceptors (Lipinski definition) is 1. The van der Waals surface area contributed by atoms with E-state index in [1.807, 2.05) is 0 Å². The van der Waals surface area contributed by atoms with Gasteiger partial charge in [0.2, 0.25) is 0 Å². The monoisotopic (exact) mass is 154 g/mol. The first-order valence-corrected chi connectivity index (χ1v) is 4.40. The van der Waals surface area contributed by atoms with Crippen LogP contribution in [0.5, 0.6) is 0 Å². The fourth-order valence-corrected chi connectivity index (χ4v) is 1.18. The van der Waals surface area contributed by atoms with E-state index in [9.17, 15) is 4.79 Å².